The van der Waals surface area contributed by atoms with E-state index in [1.165, 1.54) is 18.6 Å². The number of rotatable bonds is 8. The minimum absolute atomic E-state index is 0.136. The standard InChI is InChI=1S/C23H27N3O5/c1-25(20-10-6-3-7-11-20)22(28)16-31-24-23(17-8-4-2-5-9-17)18-12-13-21(26(29)30)19(14-18)15-27/h2,4-5,8-9,12-14,20,27H,3,6-7,10-11,15-16H2,1H3. The molecule has 0 aliphatic heterocycles. The highest BCUT2D eigenvalue weighted by molar-refractivity contribution is 6.12. The number of aliphatic hydroxyl groups is 1. The number of nitro benzene ring substituents is 1. The highest BCUT2D eigenvalue weighted by atomic mass is 16.6. The van der Waals surface area contributed by atoms with Gasteiger partial charge in [-0.2, -0.15) is 0 Å². The zero-order valence-corrected chi connectivity index (χ0v) is 17.6. The molecular formula is C23H27N3O5. The zero-order valence-electron chi connectivity index (χ0n) is 17.6. The number of carbonyl (C=O) groups excluding carboxylic acids is 1. The van der Waals surface area contributed by atoms with Crippen LogP contribution in [0.2, 0.25) is 0 Å². The van der Waals surface area contributed by atoms with Crippen LogP contribution in [0.15, 0.2) is 53.7 Å². The Hall–Kier alpha value is -3.26. The van der Waals surface area contributed by atoms with Crippen LogP contribution in [0.1, 0.15) is 48.8 Å². The number of hydrogen-bond donors (Lipinski definition) is 1. The summed E-state index contributed by atoms with van der Waals surface area (Å²) in [4.78, 5) is 30.3. The van der Waals surface area contributed by atoms with E-state index in [4.69, 9.17) is 4.84 Å². The summed E-state index contributed by atoms with van der Waals surface area (Å²) in [6.45, 7) is -0.666. The van der Waals surface area contributed by atoms with Crippen molar-refractivity contribution in [2.24, 2.45) is 5.16 Å². The van der Waals surface area contributed by atoms with Crippen molar-refractivity contribution < 1.29 is 19.7 Å². The molecule has 0 bridgehead atoms. The van der Waals surface area contributed by atoms with E-state index in [9.17, 15) is 20.0 Å². The summed E-state index contributed by atoms with van der Waals surface area (Å²) in [5, 5.41) is 24.9. The molecule has 2 aromatic carbocycles. The molecule has 3 rings (SSSR count). The van der Waals surface area contributed by atoms with Crippen molar-refractivity contribution in [3.63, 3.8) is 0 Å². The van der Waals surface area contributed by atoms with Gasteiger partial charge in [0.2, 0.25) is 0 Å². The molecule has 2 aromatic rings. The minimum atomic E-state index is -0.537. The maximum Gasteiger partial charge on any atom is 0.274 e. The number of nitrogens with zero attached hydrogens (tertiary/aromatic N) is 3. The van der Waals surface area contributed by atoms with Crippen LogP contribution in [0.4, 0.5) is 5.69 Å². The number of aliphatic hydroxyl groups excluding tert-OH is 1. The van der Waals surface area contributed by atoms with Crippen LogP contribution in [-0.2, 0) is 16.2 Å². The molecule has 1 aliphatic rings. The van der Waals surface area contributed by atoms with E-state index < -0.39 is 11.5 Å². The summed E-state index contributed by atoms with van der Waals surface area (Å²) in [6.07, 6.45) is 5.49. The fraction of sp³-hybridized carbons (Fsp3) is 0.391. The first kappa shape index (κ1) is 22.4. The van der Waals surface area contributed by atoms with Crippen molar-refractivity contribution >= 4 is 17.3 Å². The van der Waals surface area contributed by atoms with Gasteiger partial charge in [0.25, 0.3) is 11.6 Å². The first-order chi connectivity index (χ1) is 15.0. The number of likely N-dealkylation sites (N-methyl/N-ethyl adjacent to an activating group) is 1. The average Bonchev–Trinajstić information content (AvgIpc) is 2.81. The van der Waals surface area contributed by atoms with Gasteiger partial charge < -0.3 is 14.8 Å². The van der Waals surface area contributed by atoms with Gasteiger partial charge in [-0.1, -0.05) is 54.8 Å². The van der Waals surface area contributed by atoms with Gasteiger partial charge in [0.15, 0.2) is 6.61 Å². The first-order valence-electron chi connectivity index (χ1n) is 10.4. The van der Waals surface area contributed by atoms with Crippen LogP contribution in [0.5, 0.6) is 0 Å². The molecular weight excluding hydrogens is 398 g/mol. The third-order valence-electron chi connectivity index (χ3n) is 5.63. The molecule has 1 fully saturated rings. The third-order valence-corrected chi connectivity index (χ3v) is 5.63. The molecule has 31 heavy (non-hydrogen) atoms. The Bertz CT molecular complexity index is 939. The highest BCUT2D eigenvalue weighted by Crippen LogP contribution is 2.23. The lowest BCUT2D eigenvalue weighted by Gasteiger charge is -2.30. The van der Waals surface area contributed by atoms with Crippen LogP contribution in [0.3, 0.4) is 0 Å². The number of benzene rings is 2. The van der Waals surface area contributed by atoms with Gasteiger partial charge in [-0.05, 0) is 25.0 Å². The van der Waals surface area contributed by atoms with Crippen molar-refractivity contribution in [2.45, 2.75) is 44.8 Å². The number of carbonyl (C=O) groups is 1. The molecule has 1 aliphatic carbocycles. The second-order valence-electron chi connectivity index (χ2n) is 7.63. The molecule has 0 aromatic heterocycles. The Kier molecular flexibility index (Phi) is 7.72. The number of nitro groups is 1. The van der Waals surface area contributed by atoms with E-state index in [1.54, 1.807) is 18.0 Å². The van der Waals surface area contributed by atoms with Crippen molar-refractivity contribution in [2.75, 3.05) is 13.7 Å². The summed E-state index contributed by atoms with van der Waals surface area (Å²) < 4.78 is 0. The van der Waals surface area contributed by atoms with Gasteiger partial charge >= 0.3 is 0 Å². The predicted octanol–water partition coefficient (Wildman–Crippen LogP) is 3.65. The highest BCUT2D eigenvalue weighted by Gasteiger charge is 2.22. The van der Waals surface area contributed by atoms with Crippen molar-refractivity contribution in [1.29, 1.82) is 0 Å². The van der Waals surface area contributed by atoms with Crippen molar-refractivity contribution in [3.05, 3.63) is 75.3 Å². The second kappa shape index (κ2) is 10.7. The van der Waals surface area contributed by atoms with Crippen LogP contribution in [0.25, 0.3) is 0 Å². The van der Waals surface area contributed by atoms with E-state index in [0.717, 1.165) is 31.2 Å². The van der Waals surface area contributed by atoms with Crippen molar-refractivity contribution in [1.82, 2.24) is 4.90 Å². The third kappa shape index (κ3) is 5.67. The topological polar surface area (TPSA) is 105 Å². The molecule has 1 amide bonds. The van der Waals surface area contributed by atoms with E-state index in [1.807, 2.05) is 30.3 Å². The molecule has 0 saturated heterocycles. The van der Waals surface area contributed by atoms with Crippen LogP contribution in [-0.4, -0.2) is 46.2 Å². The lowest BCUT2D eigenvalue weighted by molar-refractivity contribution is -0.385. The van der Waals surface area contributed by atoms with E-state index in [0.29, 0.717) is 11.3 Å². The van der Waals surface area contributed by atoms with Crippen LogP contribution >= 0.6 is 0 Å². The summed E-state index contributed by atoms with van der Waals surface area (Å²) >= 11 is 0. The van der Waals surface area contributed by atoms with Gasteiger partial charge in [-0.15, -0.1) is 0 Å². The van der Waals surface area contributed by atoms with Gasteiger partial charge in [-0.3, -0.25) is 14.9 Å². The van der Waals surface area contributed by atoms with E-state index in [-0.39, 0.29) is 29.8 Å². The Morgan fingerprint density at radius 2 is 1.87 bits per heavy atom. The second-order valence-corrected chi connectivity index (χ2v) is 7.63. The quantitative estimate of drug-likeness (QED) is 0.395. The lowest BCUT2D eigenvalue weighted by atomic mass is 9.94. The molecule has 1 N–H and O–H groups in total. The van der Waals surface area contributed by atoms with Gasteiger partial charge in [0, 0.05) is 30.3 Å². The van der Waals surface area contributed by atoms with Crippen molar-refractivity contribution in [3.8, 4) is 0 Å². The number of hydrogen-bond acceptors (Lipinski definition) is 6. The summed E-state index contributed by atoms with van der Waals surface area (Å²) in [6, 6.07) is 13.9. The Labute approximate surface area is 181 Å². The van der Waals surface area contributed by atoms with Crippen LogP contribution < -0.4 is 0 Å². The fourth-order valence-electron chi connectivity index (χ4n) is 3.83. The normalized spacial score (nSPS) is 14.8. The Morgan fingerprint density at radius 1 is 1.16 bits per heavy atom. The predicted molar refractivity (Wildman–Crippen MR) is 117 cm³/mol. The molecule has 0 heterocycles. The maximum atomic E-state index is 12.5. The van der Waals surface area contributed by atoms with E-state index >= 15 is 0 Å². The first-order valence-corrected chi connectivity index (χ1v) is 10.4. The number of amides is 1. The number of oxime groups is 1. The summed E-state index contributed by atoms with van der Waals surface area (Å²) in [5.41, 5.74) is 1.73. The van der Waals surface area contributed by atoms with Gasteiger partial charge in [0.05, 0.1) is 17.1 Å². The largest absolute Gasteiger partial charge is 0.391 e. The smallest absolute Gasteiger partial charge is 0.274 e. The van der Waals surface area contributed by atoms with E-state index in [2.05, 4.69) is 5.16 Å². The summed E-state index contributed by atoms with van der Waals surface area (Å²) in [5.74, 6) is -0.136. The maximum absolute atomic E-state index is 12.5. The molecule has 0 unspecified atom stereocenters. The SMILES string of the molecule is CN(C(=O)CON=C(c1ccccc1)c1ccc([N+](=O)[O-])c(CO)c1)C1CCCCC1. The molecule has 8 nitrogen and oxygen atoms in total. The molecule has 164 valence electrons. The monoisotopic (exact) mass is 425 g/mol. The Balaban J connectivity index is 1.81. The zero-order chi connectivity index (χ0) is 22.2. The molecule has 0 atom stereocenters. The molecule has 0 spiro atoms. The van der Waals surface area contributed by atoms with Gasteiger partial charge in [-0.25, -0.2) is 0 Å². The minimum Gasteiger partial charge on any atom is -0.391 e. The van der Waals surface area contributed by atoms with Gasteiger partial charge in [0.1, 0.15) is 5.71 Å². The summed E-state index contributed by atoms with van der Waals surface area (Å²) in [7, 11) is 1.80. The fourth-order valence-corrected chi connectivity index (χ4v) is 3.83. The molecule has 8 heteroatoms. The average molecular weight is 425 g/mol. The Morgan fingerprint density at radius 3 is 2.52 bits per heavy atom. The molecule has 0 radical (unpaired) electrons. The lowest BCUT2D eigenvalue weighted by Crippen LogP contribution is -2.40. The molecule has 1 saturated carbocycles. The van der Waals surface area contributed by atoms with Crippen LogP contribution in [0, 0.1) is 10.1 Å².